The summed E-state index contributed by atoms with van der Waals surface area (Å²) < 4.78 is 6.42. The van der Waals surface area contributed by atoms with Crippen LogP contribution in [0.4, 0.5) is 0 Å². The average Bonchev–Trinajstić information content (AvgIpc) is 2.56. The van der Waals surface area contributed by atoms with Crippen LogP contribution in [-0.2, 0) is 9.48 Å². The highest BCUT2D eigenvalue weighted by Gasteiger charge is 2.47. The van der Waals surface area contributed by atoms with Gasteiger partial charge in [0.15, 0.2) is 0 Å². The molecule has 1 nitrogen and oxygen atoms in total. The number of hydrogen-bond donors (Lipinski definition) is 0. The molecule has 0 aliphatic carbocycles. The topological polar surface area (TPSA) is 9.23 Å². The largest absolute Gasteiger partial charge is 0.370 e. The Bertz CT molecular complexity index is 580. The molecule has 3 rings (SSSR count). The van der Waals surface area contributed by atoms with Crippen LogP contribution in [0.25, 0.3) is 0 Å². The molecule has 0 radical (unpaired) electrons. The summed E-state index contributed by atoms with van der Waals surface area (Å²) in [6.45, 7) is 6.46. The zero-order chi connectivity index (χ0) is 16.3. The molecule has 23 heavy (non-hydrogen) atoms. The fourth-order valence-corrected chi connectivity index (χ4v) is 6.43. The van der Waals surface area contributed by atoms with E-state index < -0.39 is 0 Å². The van der Waals surface area contributed by atoms with Gasteiger partial charge in [-0.3, -0.25) is 0 Å². The summed E-state index contributed by atoms with van der Waals surface area (Å²) in [6, 6.07) is 21.7. The third-order valence-corrected chi connectivity index (χ3v) is 7.17. The molecule has 1 fully saturated rings. The van der Waals surface area contributed by atoms with Crippen LogP contribution < -0.4 is 0 Å². The summed E-state index contributed by atoms with van der Waals surface area (Å²) in [4.78, 5) is 0. The molecule has 0 aromatic heterocycles. The minimum atomic E-state index is -0.154. The molecule has 0 saturated carbocycles. The molecule has 1 aliphatic heterocycles. The number of benzene rings is 2. The Labute approximate surface area is 147 Å². The van der Waals surface area contributed by atoms with Crippen molar-refractivity contribution in [1.82, 2.24) is 0 Å². The maximum absolute atomic E-state index is 6.57. The zero-order valence-corrected chi connectivity index (χ0v) is 15.6. The lowest BCUT2D eigenvalue weighted by atomic mass is 9.83. The van der Waals surface area contributed by atoms with Gasteiger partial charge in [-0.2, -0.15) is 0 Å². The van der Waals surface area contributed by atoms with Gasteiger partial charge in [0, 0.05) is 5.75 Å². The van der Waals surface area contributed by atoms with Crippen molar-refractivity contribution in [1.29, 1.82) is 0 Å². The van der Waals surface area contributed by atoms with Crippen molar-refractivity contribution in [2.45, 2.75) is 43.6 Å². The molecule has 2 aromatic rings. The molecule has 0 spiro atoms. The monoisotopic (exact) mass is 344 g/mol. The van der Waals surface area contributed by atoms with E-state index in [1.165, 1.54) is 11.1 Å². The lowest BCUT2D eigenvalue weighted by molar-refractivity contribution is -0.0729. The normalized spacial score (nSPS) is 21.1. The van der Waals surface area contributed by atoms with Gasteiger partial charge in [-0.05, 0) is 38.3 Å². The molecule has 1 saturated heterocycles. The zero-order valence-electron chi connectivity index (χ0n) is 14.0. The molecule has 122 valence electrons. The predicted octanol–water partition coefficient (Wildman–Crippen LogP) is 5.90. The van der Waals surface area contributed by atoms with E-state index in [0.717, 1.165) is 12.2 Å². The van der Waals surface area contributed by atoms with Gasteiger partial charge < -0.3 is 4.74 Å². The summed E-state index contributed by atoms with van der Waals surface area (Å²) >= 11 is 0. The van der Waals surface area contributed by atoms with Crippen LogP contribution in [0.2, 0.25) is 0 Å². The second-order valence-electron chi connectivity index (χ2n) is 6.88. The minimum Gasteiger partial charge on any atom is -0.370 e. The third-order valence-electron chi connectivity index (χ3n) is 4.01. The summed E-state index contributed by atoms with van der Waals surface area (Å²) in [5.41, 5.74) is 2.51. The maximum Gasteiger partial charge on any atom is 0.102 e. The summed E-state index contributed by atoms with van der Waals surface area (Å²) in [6.07, 6.45) is 1.23. The Hall–Kier alpha value is -0.900. The van der Waals surface area contributed by atoms with Crippen LogP contribution in [-0.4, -0.2) is 17.5 Å². The van der Waals surface area contributed by atoms with E-state index >= 15 is 0 Å². The molecular formula is C20H24OS2. The molecule has 2 aromatic carbocycles. The third kappa shape index (κ3) is 3.62. The van der Waals surface area contributed by atoms with Crippen LogP contribution in [0.3, 0.4) is 0 Å². The highest BCUT2D eigenvalue weighted by atomic mass is 33.1. The fraction of sp³-hybridized carbons (Fsp3) is 0.400. The quantitative estimate of drug-likeness (QED) is 0.642. The maximum atomic E-state index is 6.57. The highest BCUT2D eigenvalue weighted by molar-refractivity contribution is 8.77. The molecule has 1 aliphatic rings. The van der Waals surface area contributed by atoms with E-state index in [2.05, 4.69) is 81.4 Å². The second kappa shape index (κ2) is 6.92. The highest BCUT2D eigenvalue weighted by Crippen LogP contribution is 2.56. The lowest BCUT2D eigenvalue weighted by Crippen LogP contribution is -2.45. The fourth-order valence-electron chi connectivity index (χ4n) is 3.12. The molecule has 0 bridgehead atoms. The van der Waals surface area contributed by atoms with Gasteiger partial charge in [-0.15, -0.1) is 0 Å². The molecule has 0 N–H and O–H groups in total. The van der Waals surface area contributed by atoms with Crippen molar-refractivity contribution in [3.8, 4) is 0 Å². The first kappa shape index (κ1) is 16.9. The smallest absolute Gasteiger partial charge is 0.102 e. The molecule has 1 unspecified atom stereocenters. The molecule has 0 amide bonds. The molecular weight excluding hydrogens is 320 g/mol. The Morgan fingerprint density at radius 2 is 1.43 bits per heavy atom. The Morgan fingerprint density at radius 3 is 1.91 bits per heavy atom. The van der Waals surface area contributed by atoms with E-state index in [-0.39, 0.29) is 16.5 Å². The minimum absolute atomic E-state index is 0.151. The van der Waals surface area contributed by atoms with Crippen molar-refractivity contribution >= 4 is 21.6 Å². The van der Waals surface area contributed by atoms with Gasteiger partial charge in [0.25, 0.3) is 0 Å². The van der Waals surface area contributed by atoms with Crippen LogP contribution in [0, 0.1) is 0 Å². The molecule has 1 atom stereocenters. The van der Waals surface area contributed by atoms with E-state index in [9.17, 15) is 0 Å². The van der Waals surface area contributed by atoms with Crippen molar-refractivity contribution in [3.63, 3.8) is 0 Å². The lowest BCUT2D eigenvalue weighted by Gasteiger charge is -2.45. The first-order valence-corrected chi connectivity index (χ1v) is 10.4. The second-order valence-corrected chi connectivity index (χ2v) is 9.54. The van der Waals surface area contributed by atoms with Crippen LogP contribution in [0.15, 0.2) is 60.7 Å². The summed E-state index contributed by atoms with van der Waals surface area (Å²) in [5.74, 6) is 1.13. The van der Waals surface area contributed by atoms with Gasteiger partial charge in [-0.1, -0.05) is 82.3 Å². The SMILES string of the molecule is CC(C)(C)OC1CCSSC1(c1ccccc1)c1ccccc1. The summed E-state index contributed by atoms with van der Waals surface area (Å²) in [7, 11) is 3.92. The van der Waals surface area contributed by atoms with Gasteiger partial charge in [0.05, 0.1) is 11.7 Å². The van der Waals surface area contributed by atoms with Crippen molar-refractivity contribution in [2.75, 3.05) is 5.75 Å². The van der Waals surface area contributed by atoms with Gasteiger partial charge >= 0.3 is 0 Å². The van der Waals surface area contributed by atoms with E-state index in [1.54, 1.807) is 0 Å². The van der Waals surface area contributed by atoms with Crippen molar-refractivity contribution in [2.24, 2.45) is 0 Å². The Balaban J connectivity index is 2.13. The number of rotatable bonds is 3. The van der Waals surface area contributed by atoms with E-state index in [0.29, 0.717) is 0 Å². The first-order valence-electron chi connectivity index (χ1n) is 8.12. The Morgan fingerprint density at radius 1 is 0.913 bits per heavy atom. The summed E-state index contributed by atoms with van der Waals surface area (Å²) in [5, 5.41) is 0. The van der Waals surface area contributed by atoms with Crippen molar-refractivity contribution in [3.05, 3.63) is 71.8 Å². The van der Waals surface area contributed by atoms with Gasteiger partial charge in [0.1, 0.15) is 4.75 Å². The van der Waals surface area contributed by atoms with Gasteiger partial charge in [-0.25, -0.2) is 0 Å². The Kier molecular flexibility index (Phi) is 5.10. The van der Waals surface area contributed by atoms with Gasteiger partial charge in [0.2, 0.25) is 0 Å². The molecule has 1 heterocycles. The van der Waals surface area contributed by atoms with Crippen molar-refractivity contribution < 1.29 is 4.74 Å². The molecule has 3 heteroatoms. The van der Waals surface area contributed by atoms with Crippen LogP contribution >= 0.6 is 21.6 Å². The predicted molar refractivity (Wildman–Crippen MR) is 103 cm³/mol. The van der Waals surface area contributed by atoms with Crippen LogP contribution in [0.1, 0.15) is 38.3 Å². The van der Waals surface area contributed by atoms with E-state index in [4.69, 9.17) is 4.74 Å². The number of hydrogen-bond acceptors (Lipinski definition) is 3. The number of ether oxygens (including phenoxy) is 1. The average molecular weight is 345 g/mol. The van der Waals surface area contributed by atoms with E-state index in [1.807, 2.05) is 21.6 Å². The standard InChI is InChI=1S/C20H24OS2/c1-19(2,3)21-18-14-15-22-23-20(18,16-10-6-4-7-11-16)17-12-8-5-9-13-17/h4-13,18H,14-15H2,1-3H3. The first-order chi connectivity index (χ1) is 11.0. The van der Waals surface area contributed by atoms with Crippen LogP contribution in [0.5, 0.6) is 0 Å².